The van der Waals surface area contributed by atoms with Crippen LogP contribution in [0.15, 0.2) is 22.5 Å². The van der Waals surface area contributed by atoms with Gasteiger partial charge in [-0.3, -0.25) is 4.21 Å². The summed E-state index contributed by atoms with van der Waals surface area (Å²) in [6.45, 7) is 2.98. The van der Waals surface area contributed by atoms with Crippen LogP contribution in [0.2, 0.25) is 5.02 Å². The Balaban J connectivity index is 1.76. The summed E-state index contributed by atoms with van der Waals surface area (Å²) in [5.74, 6) is 1.75. The molecule has 1 atom stereocenters. The summed E-state index contributed by atoms with van der Waals surface area (Å²) in [6, 6.07) is 3.41. The Morgan fingerprint density at radius 3 is 2.71 bits per heavy atom. The topological polar surface area (TPSA) is 48.4 Å². The Morgan fingerprint density at radius 1 is 1.33 bits per heavy atom. The molecule has 1 aliphatic heterocycles. The van der Waals surface area contributed by atoms with Crippen LogP contribution >= 0.6 is 22.9 Å². The molecule has 1 aromatic carbocycles. The van der Waals surface area contributed by atoms with Crippen LogP contribution in [0.3, 0.4) is 0 Å². The van der Waals surface area contributed by atoms with Crippen LogP contribution in [-0.2, 0) is 17.2 Å². The van der Waals surface area contributed by atoms with Crippen LogP contribution < -0.4 is 9.47 Å². The number of hydrogen-bond donors (Lipinski definition) is 0. The van der Waals surface area contributed by atoms with Crippen molar-refractivity contribution >= 4 is 33.7 Å². The van der Waals surface area contributed by atoms with Gasteiger partial charge in [-0.15, -0.1) is 11.3 Å². The number of aromatic nitrogens is 1. The Bertz CT molecular complexity index is 687. The smallest absolute Gasteiger partial charge is 0.162 e. The van der Waals surface area contributed by atoms with E-state index in [1.165, 1.54) is 0 Å². The van der Waals surface area contributed by atoms with Crippen molar-refractivity contribution in [3.8, 4) is 11.5 Å². The van der Waals surface area contributed by atoms with E-state index in [-0.39, 0.29) is 0 Å². The van der Waals surface area contributed by atoms with Gasteiger partial charge in [-0.05, 0) is 13.3 Å². The summed E-state index contributed by atoms with van der Waals surface area (Å²) in [4.78, 5) is 5.96. The highest BCUT2D eigenvalue weighted by atomic mass is 35.5. The third kappa shape index (κ3) is 3.22. The van der Waals surface area contributed by atoms with Gasteiger partial charge < -0.3 is 9.47 Å². The minimum absolute atomic E-state index is 0.457. The molecule has 0 saturated carbocycles. The normalized spacial score (nSPS) is 15.0. The van der Waals surface area contributed by atoms with Crippen molar-refractivity contribution in [1.82, 2.24) is 4.98 Å². The molecule has 4 nitrogen and oxygen atoms in total. The van der Waals surface area contributed by atoms with Crippen molar-refractivity contribution in [1.29, 1.82) is 0 Å². The number of aryl methyl sites for hydroxylation is 2. The van der Waals surface area contributed by atoms with E-state index in [2.05, 4.69) is 4.98 Å². The lowest BCUT2D eigenvalue weighted by Gasteiger charge is -2.19. The second kappa shape index (κ2) is 6.34. The van der Waals surface area contributed by atoms with Crippen LogP contribution in [0.25, 0.3) is 0 Å². The van der Waals surface area contributed by atoms with Gasteiger partial charge in [0.05, 0.1) is 31.9 Å². The van der Waals surface area contributed by atoms with E-state index in [0.717, 1.165) is 17.0 Å². The van der Waals surface area contributed by atoms with E-state index in [0.29, 0.717) is 40.4 Å². The molecule has 2 heterocycles. The lowest BCUT2D eigenvalue weighted by molar-refractivity contribution is 0.171. The average molecular weight is 344 g/mol. The van der Waals surface area contributed by atoms with Gasteiger partial charge in [0, 0.05) is 22.8 Å². The lowest BCUT2D eigenvalue weighted by atomic mass is 10.3. The molecule has 0 unspecified atom stereocenters. The highest BCUT2D eigenvalue weighted by Gasteiger charge is 2.18. The maximum absolute atomic E-state index is 12.5. The molecule has 3 rings (SSSR count). The molecule has 0 N–H and O–H groups in total. The number of rotatable bonds is 4. The Hall–Kier alpha value is -1.11. The number of fused-ring (bicyclic) bond motifs is 1. The van der Waals surface area contributed by atoms with Gasteiger partial charge in [0.15, 0.2) is 11.5 Å². The molecule has 2 aromatic rings. The molecule has 1 aromatic heterocycles. The molecule has 0 fully saturated rings. The quantitative estimate of drug-likeness (QED) is 0.855. The van der Waals surface area contributed by atoms with Gasteiger partial charge in [-0.1, -0.05) is 11.6 Å². The molecule has 1 aliphatic rings. The van der Waals surface area contributed by atoms with Crippen molar-refractivity contribution < 1.29 is 13.7 Å². The summed E-state index contributed by atoms with van der Waals surface area (Å²) in [5.41, 5.74) is 2.82. The van der Waals surface area contributed by atoms with Crippen LogP contribution in [0.1, 0.15) is 10.6 Å². The van der Waals surface area contributed by atoms with E-state index >= 15 is 0 Å². The zero-order chi connectivity index (χ0) is 14.8. The lowest BCUT2D eigenvalue weighted by Crippen LogP contribution is -2.16. The zero-order valence-corrected chi connectivity index (χ0v) is 13.8. The van der Waals surface area contributed by atoms with E-state index in [9.17, 15) is 4.21 Å². The van der Waals surface area contributed by atoms with E-state index in [1.54, 1.807) is 23.5 Å². The summed E-state index contributed by atoms with van der Waals surface area (Å²) < 4.78 is 23.4. The third-order valence-electron chi connectivity index (χ3n) is 3.20. The Kier molecular flexibility index (Phi) is 4.47. The number of benzene rings is 1. The van der Waals surface area contributed by atoms with Gasteiger partial charge in [-0.2, -0.15) is 0 Å². The first-order chi connectivity index (χ1) is 10.1. The second-order valence-electron chi connectivity index (χ2n) is 4.59. The number of hydrogen-bond acceptors (Lipinski definition) is 5. The summed E-state index contributed by atoms with van der Waals surface area (Å²) in [7, 11) is -1.17. The monoisotopic (exact) mass is 343 g/mol. The van der Waals surface area contributed by atoms with Gasteiger partial charge >= 0.3 is 0 Å². The summed E-state index contributed by atoms with van der Waals surface area (Å²) >= 11 is 7.80. The number of nitrogens with zero attached hydrogens (tertiary/aromatic N) is 1. The van der Waals surface area contributed by atoms with Crippen molar-refractivity contribution in [3.63, 3.8) is 0 Å². The molecule has 112 valence electrons. The first-order valence-corrected chi connectivity index (χ1v) is 9.09. The minimum Gasteiger partial charge on any atom is -0.486 e. The zero-order valence-electron chi connectivity index (χ0n) is 11.4. The predicted molar refractivity (Wildman–Crippen MR) is 84.3 cm³/mol. The number of ether oxygens (including phenoxy) is 2. The molecule has 0 spiro atoms. The van der Waals surface area contributed by atoms with Gasteiger partial charge in [0.2, 0.25) is 0 Å². The SMILES string of the molecule is Cc1ncsc1CC[S@](=O)c1cc2c(cc1Cl)OCCO2. The molecular weight excluding hydrogens is 330 g/mol. The van der Waals surface area contributed by atoms with Crippen molar-refractivity contribution in [2.45, 2.75) is 18.2 Å². The van der Waals surface area contributed by atoms with E-state index in [1.807, 2.05) is 12.4 Å². The Labute approximate surface area is 134 Å². The maximum Gasteiger partial charge on any atom is 0.162 e. The molecule has 21 heavy (non-hydrogen) atoms. The fourth-order valence-corrected chi connectivity index (χ4v) is 4.53. The van der Waals surface area contributed by atoms with Gasteiger partial charge in [-0.25, -0.2) is 4.98 Å². The molecule has 0 bridgehead atoms. The average Bonchev–Trinajstić information content (AvgIpc) is 2.89. The maximum atomic E-state index is 12.5. The highest BCUT2D eigenvalue weighted by Crippen LogP contribution is 2.36. The van der Waals surface area contributed by atoms with Gasteiger partial charge in [0.25, 0.3) is 0 Å². The van der Waals surface area contributed by atoms with Crippen LogP contribution in [0, 0.1) is 6.92 Å². The first-order valence-electron chi connectivity index (χ1n) is 6.51. The molecule has 7 heteroatoms. The third-order valence-corrected chi connectivity index (χ3v) is 6.02. The van der Waals surface area contributed by atoms with Crippen LogP contribution in [0.4, 0.5) is 0 Å². The Morgan fingerprint density at radius 2 is 2.05 bits per heavy atom. The highest BCUT2D eigenvalue weighted by molar-refractivity contribution is 7.85. The van der Waals surface area contributed by atoms with E-state index < -0.39 is 10.8 Å². The van der Waals surface area contributed by atoms with Crippen molar-refractivity contribution in [2.75, 3.05) is 19.0 Å². The number of halogens is 1. The first kappa shape index (κ1) is 14.8. The summed E-state index contributed by atoms with van der Waals surface area (Å²) in [5, 5.41) is 0.457. The molecule has 0 saturated heterocycles. The fourth-order valence-electron chi connectivity index (χ4n) is 2.08. The molecule has 0 amide bonds. The molecular formula is C14H14ClNO3S2. The number of thiazole rings is 1. The minimum atomic E-state index is -1.17. The fraction of sp³-hybridized carbons (Fsp3) is 0.357. The molecule has 0 aliphatic carbocycles. The second-order valence-corrected chi connectivity index (χ2v) is 7.47. The van der Waals surface area contributed by atoms with Crippen molar-refractivity contribution in [3.05, 3.63) is 33.2 Å². The van der Waals surface area contributed by atoms with Crippen LogP contribution in [-0.4, -0.2) is 28.2 Å². The molecule has 0 radical (unpaired) electrons. The van der Waals surface area contributed by atoms with Gasteiger partial charge in [0.1, 0.15) is 13.2 Å². The largest absolute Gasteiger partial charge is 0.486 e. The standard InChI is InChI=1S/C14H14ClNO3S2/c1-9-13(20-8-16-9)2-5-21(17)14-7-12-11(6-10(14)15)18-3-4-19-12/h6-8H,2-5H2,1H3/t21-/m0/s1. The van der Waals surface area contributed by atoms with E-state index in [4.69, 9.17) is 21.1 Å². The van der Waals surface area contributed by atoms with Crippen molar-refractivity contribution in [2.24, 2.45) is 0 Å². The predicted octanol–water partition coefficient (Wildman–Crippen LogP) is 3.23. The van der Waals surface area contributed by atoms with Crippen LogP contribution in [0.5, 0.6) is 11.5 Å². The summed E-state index contributed by atoms with van der Waals surface area (Å²) in [6.07, 6.45) is 0.730.